The minimum absolute atomic E-state index is 0.135. The van der Waals surface area contributed by atoms with Gasteiger partial charge in [-0.05, 0) is 41.8 Å². The lowest BCUT2D eigenvalue weighted by Gasteiger charge is -2.19. The highest BCUT2D eigenvalue weighted by atomic mass is 35.5. The van der Waals surface area contributed by atoms with Crippen molar-refractivity contribution in [2.75, 3.05) is 32.1 Å². The maximum absolute atomic E-state index is 11.9. The Bertz CT molecular complexity index is 854. The molecule has 2 aromatic rings. The minimum Gasteiger partial charge on any atom is -0.375 e. The van der Waals surface area contributed by atoms with Crippen molar-refractivity contribution >= 4 is 29.2 Å². The third kappa shape index (κ3) is 5.71. The van der Waals surface area contributed by atoms with Crippen molar-refractivity contribution < 1.29 is 9.53 Å². The number of methoxy groups -OCH3 is 1. The average Bonchev–Trinajstić information content (AvgIpc) is 3.17. The summed E-state index contributed by atoms with van der Waals surface area (Å²) in [6, 6.07) is 15.7. The quantitative estimate of drug-likeness (QED) is 0.537. The van der Waals surface area contributed by atoms with Crippen LogP contribution in [0.2, 0.25) is 5.02 Å². The van der Waals surface area contributed by atoms with Gasteiger partial charge in [-0.15, -0.1) is 0 Å². The van der Waals surface area contributed by atoms with Gasteiger partial charge >= 0.3 is 0 Å². The molecule has 1 saturated heterocycles. The molecule has 1 aliphatic heterocycles. The number of halogens is 1. The van der Waals surface area contributed by atoms with E-state index in [2.05, 4.69) is 15.6 Å². The number of carbonyl (C=O) groups excluding carboxylic acids is 1. The number of nitrogens with one attached hydrogen (secondary N) is 2. The van der Waals surface area contributed by atoms with Crippen LogP contribution in [0.25, 0.3) is 0 Å². The second-order valence-corrected chi connectivity index (χ2v) is 7.34. The molecule has 1 fully saturated rings. The zero-order valence-electron chi connectivity index (χ0n) is 16.8. The number of guanidine groups is 1. The van der Waals surface area contributed by atoms with Gasteiger partial charge in [0.15, 0.2) is 5.96 Å². The summed E-state index contributed by atoms with van der Waals surface area (Å²) in [6.07, 6.45) is 1.44. The van der Waals surface area contributed by atoms with E-state index in [1.807, 2.05) is 53.4 Å². The van der Waals surface area contributed by atoms with E-state index in [-0.39, 0.29) is 12.0 Å². The molecule has 0 saturated carbocycles. The van der Waals surface area contributed by atoms with Crippen LogP contribution in [0.4, 0.5) is 5.69 Å². The number of aliphatic imine (C=N–C) groups is 1. The van der Waals surface area contributed by atoms with Crippen molar-refractivity contribution in [1.29, 1.82) is 0 Å². The maximum atomic E-state index is 11.9. The van der Waals surface area contributed by atoms with Gasteiger partial charge in [0, 0.05) is 50.9 Å². The van der Waals surface area contributed by atoms with Gasteiger partial charge in [0.25, 0.3) is 0 Å². The van der Waals surface area contributed by atoms with Gasteiger partial charge in [0.05, 0.1) is 6.10 Å². The summed E-state index contributed by atoms with van der Waals surface area (Å²) >= 11 is 6.08. The molecule has 154 valence electrons. The predicted molar refractivity (Wildman–Crippen MR) is 117 cm³/mol. The molecular formula is C22H27ClN4O2. The summed E-state index contributed by atoms with van der Waals surface area (Å²) in [5.41, 5.74) is 3.08. The normalized spacial score (nSPS) is 15.5. The molecule has 1 atom stereocenters. The summed E-state index contributed by atoms with van der Waals surface area (Å²) in [5, 5.41) is 7.28. The number of benzene rings is 2. The van der Waals surface area contributed by atoms with E-state index in [0.717, 1.165) is 29.8 Å². The molecule has 0 spiro atoms. The van der Waals surface area contributed by atoms with E-state index in [1.165, 1.54) is 0 Å². The molecule has 2 aromatic carbocycles. The Morgan fingerprint density at radius 3 is 2.66 bits per heavy atom. The van der Waals surface area contributed by atoms with Crippen LogP contribution in [0, 0.1) is 0 Å². The molecule has 3 rings (SSSR count). The molecule has 29 heavy (non-hydrogen) atoms. The van der Waals surface area contributed by atoms with Crippen molar-refractivity contribution in [2.24, 2.45) is 4.99 Å². The van der Waals surface area contributed by atoms with Gasteiger partial charge in [-0.2, -0.15) is 0 Å². The fourth-order valence-corrected chi connectivity index (χ4v) is 3.55. The van der Waals surface area contributed by atoms with E-state index in [1.54, 1.807) is 14.2 Å². The summed E-state index contributed by atoms with van der Waals surface area (Å²) in [5.74, 6) is 0.890. The monoisotopic (exact) mass is 414 g/mol. The molecule has 1 unspecified atom stereocenters. The molecule has 6 nitrogen and oxygen atoms in total. The second-order valence-electron chi connectivity index (χ2n) is 6.90. The summed E-state index contributed by atoms with van der Waals surface area (Å²) in [6.45, 7) is 2.00. The van der Waals surface area contributed by atoms with Crippen LogP contribution in [0.1, 0.15) is 30.1 Å². The van der Waals surface area contributed by atoms with E-state index < -0.39 is 0 Å². The molecule has 0 aromatic heterocycles. The molecule has 7 heteroatoms. The number of carbonyl (C=O) groups is 1. The van der Waals surface area contributed by atoms with Crippen LogP contribution in [0.3, 0.4) is 0 Å². The van der Waals surface area contributed by atoms with E-state index in [9.17, 15) is 4.79 Å². The predicted octanol–water partition coefficient (Wildman–Crippen LogP) is 3.52. The first kappa shape index (κ1) is 21.1. The minimum atomic E-state index is -0.135. The number of hydrogen-bond acceptors (Lipinski definition) is 3. The van der Waals surface area contributed by atoms with Gasteiger partial charge < -0.3 is 20.3 Å². The van der Waals surface area contributed by atoms with Crippen molar-refractivity contribution in [2.45, 2.75) is 25.5 Å². The molecule has 1 heterocycles. The Balaban J connectivity index is 1.51. The van der Waals surface area contributed by atoms with Crippen LogP contribution >= 0.6 is 11.6 Å². The van der Waals surface area contributed by atoms with Crippen LogP contribution < -0.4 is 15.5 Å². The van der Waals surface area contributed by atoms with Crippen molar-refractivity contribution in [3.8, 4) is 0 Å². The molecule has 0 bridgehead atoms. The van der Waals surface area contributed by atoms with Crippen molar-refractivity contribution in [1.82, 2.24) is 10.6 Å². The number of rotatable bonds is 7. The highest BCUT2D eigenvalue weighted by Gasteiger charge is 2.21. The molecular weight excluding hydrogens is 388 g/mol. The lowest BCUT2D eigenvalue weighted by molar-refractivity contribution is -0.117. The van der Waals surface area contributed by atoms with Crippen LogP contribution in [-0.2, 0) is 16.1 Å². The van der Waals surface area contributed by atoms with Gasteiger partial charge in [-0.3, -0.25) is 9.79 Å². The fourth-order valence-electron chi connectivity index (χ4n) is 3.35. The first-order valence-electron chi connectivity index (χ1n) is 9.73. The Labute approximate surface area is 176 Å². The summed E-state index contributed by atoms with van der Waals surface area (Å²) < 4.78 is 5.58. The van der Waals surface area contributed by atoms with Crippen molar-refractivity contribution in [3.05, 3.63) is 64.7 Å². The maximum Gasteiger partial charge on any atom is 0.227 e. The van der Waals surface area contributed by atoms with Crippen LogP contribution in [-0.4, -0.2) is 39.1 Å². The molecule has 1 amide bonds. The topological polar surface area (TPSA) is 66.0 Å². The van der Waals surface area contributed by atoms with E-state index in [4.69, 9.17) is 16.3 Å². The van der Waals surface area contributed by atoms with Gasteiger partial charge in [0.1, 0.15) is 0 Å². The standard InChI is InChI=1S/C22H27ClN4O2/c1-24-22(26-15-20(29-2)17-5-3-6-18(23)13-17)25-14-16-8-10-19(11-9-16)27-12-4-7-21(27)28/h3,5-6,8-11,13,20H,4,7,12,14-15H2,1-2H3,(H2,24,25,26). The van der Waals surface area contributed by atoms with E-state index >= 15 is 0 Å². The summed E-state index contributed by atoms with van der Waals surface area (Å²) in [7, 11) is 3.41. The molecule has 0 radical (unpaired) electrons. The zero-order valence-corrected chi connectivity index (χ0v) is 17.6. The average molecular weight is 415 g/mol. The Hall–Kier alpha value is -2.57. The zero-order chi connectivity index (χ0) is 20.6. The number of ether oxygens (including phenoxy) is 1. The lowest BCUT2D eigenvalue weighted by Crippen LogP contribution is -2.39. The van der Waals surface area contributed by atoms with Crippen molar-refractivity contribution in [3.63, 3.8) is 0 Å². The van der Waals surface area contributed by atoms with Crippen LogP contribution in [0.5, 0.6) is 0 Å². The first-order valence-corrected chi connectivity index (χ1v) is 10.1. The highest BCUT2D eigenvalue weighted by molar-refractivity contribution is 6.30. The Morgan fingerprint density at radius 1 is 1.24 bits per heavy atom. The third-order valence-corrected chi connectivity index (χ3v) is 5.20. The first-order chi connectivity index (χ1) is 14.1. The number of hydrogen-bond donors (Lipinski definition) is 2. The van der Waals surface area contributed by atoms with Gasteiger partial charge in [-0.1, -0.05) is 35.9 Å². The molecule has 0 aliphatic carbocycles. The van der Waals surface area contributed by atoms with Gasteiger partial charge in [-0.25, -0.2) is 0 Å². The molecule has 1 aliphatic rings. The Kier molecular flexibility index (Phi) is 7.49. The number of amides is 1. The molecule has 2 N–H and O–H groups in total. The fraction of sp³-hybridized carbons (Fsp3) is 0.364. The summed E-state index contributed by atoms with van der Waals surface area (Å²) in [4.78, 5) is 18.0. The van der Waals surface area contributed by atoms with E-state index in [0.29, 0.717) is 30.5 Å². The van der Waals surface area contributed by atoms with Crippen LogP contribution in [0.15, 0.2) is 53.5 Å². The highest BCUT2D eigenvalue weighted by Crippen LogP contribution is 2.22. The largest absolute Gasteiger partial charge is 0.375 e. The second kappa shape index (κ2) is 10.3. The van der Waals surface area contributed by atoms with Gasteiger partial charge in [0.2, 0.25) is 5.91 Å². The number of anilines is 1. The smallest absolute Gasteiger partial charge is 0.227 e. The number of nitrogens with zero attached hydrogens (tertiary/aromatic N) is 2. The Morgan fingerprint density at radius 2 is 2.03 bits per heavy atom. The lowest BCUT2D eigenvalue weighted by atomic mass is 10.1. The third-order valence-electron chi connectivity index (χ3n) is 4.96. The SMILES string of the molecule is CN=C(NCc1ccc(N2CCCC2=O)cc1)NCC(OC)c1cccc(Cl)c1.